The molecule has 3 heteroatoms. The monoisotopic (exact) mass is 243 g/mol. The lowest BCUT2D eigenvalue weighted by atomic mass is 9.85. The Hall–Kier alpha value is -1.61. The van der Waals surface area contributed by atoms with Crippen LogP contribution in [-0.2, 0) is 18.3 Å². The molecule has 18 heavy (non-hydrogen) atoms. The summed E-state index contributed by atoms with van der Waals surface area (Å²) < 4.78 is 0. The molecule has 0 saturated carbocycles. The summed E-state index contributed by atoms with van der Waals surface area (Å²) in [5.41, 5.74) is 8.01. The first-order valence-electron chi connectivity index (χ1n) is 6.40. The number of rotatable bonds is 5. The molecule has 0 saturated heterocycles. The zero-order chi connectivity index (χ0) is 13.0. The predicted octanol–water partition coefficient (Wildman–Crippen LogP) is 2.43. The van der Waals surface area contributed by atoms with Gasteiger partial charge in [0.05, 0.1) is 0 Å². The minimum absolute atomic E-state index is 0.00814. The molecule has 0 aliphatic heterocycles. The Labute approximate surface area is 108 Å². The standard InChI is InChI=1S/C15H21N3/c1-15(2,10-12-6-4-3-5-7-12)14-17-11-13(18-14)8-9-16/h3-7,11H,8-10,16H2,1-2H3,(H,17,18). The van der Waals surface area contributed by atoms with Gasteiger partial charge in [-0.1, -0.05) is 44.2 Å². The van der Waals surface area contributed by atoms with Crippen molar-refractivity contribution in [1.82, 2.24) is 9.97 Å². The summed E-state index contributed by atoms with van der Waals surface area (Å²) in [5.74, 6) is 1.04. The summed E-state index contributed by atoms with van der Waals surface area (Å²) in [6.45, 7) is 5.08. The highest BCUT2D eigenvalue weighted by molar-refractivity contribution is 5.21. The van der Waals surface area contributed by atoms with Crippen LogP contribution in [0, 0.1) is 0 Å². The summed E-state index contributed by atoms with van der Waals surface area (Å²) in [5, 5.41) is 0. The van der Waals surface area contributed by atoms with Crippen molar-refractivity contribution in [2.45, 2.75) is 32.1 Å². The van der Waals surface area contributed by atoms with Crippen LogP contribution in [-0.4, -0.2) is 16.5 Å². The van der Waals surface area contributed by atoms with Gasteiger partial charge in [0.2, 0.25) is 0 Å². The van der Waals surface area contributed by atoms with Crippen molar-refractivity contribution in [3.63, 3.8) is 0 Å². The minimum atomic E-state index is 0.00814. The summed E-state index contributed by atoms with van der Waals surface area (Å²) in [7, 11) is 0. The third-order valence-electron chi connectivity index (χ3n) is 3.17. The second-order valence-corrected chi connectivity index (χ2v) is 5.34. The highest BCUT2D eigenvalue weighted by Crippen LogP contribution is 2.25. The fraction of sp³-hybridized carbons (Fsp3) is 0.400. The van der Waals surface area contributed by atoms with Crippen LogP contribution in [0.5, 0.6) is 0 Å². The molecule has 0 fully saturated rings. The Morgan fingerprint density at radius 1 is 1.22 bits per heavy atom. The van der Waals surface area contributed by atoms with E-state index in [0.29, 0.717) is 6.54 Å². The molecule has 0 bridgehead atoms. The van der Waals surface area contributed by atoms with E-state index in [1.165, 1.54) is 5.56 Å². The Balaban J connectivity index is 2.14. The van der Waals surface area contributed by atoms with Crippen molar-refractivity contribution in [2.75, 3.05) is 6.54 Å². The molecule has 0 aliphatic carbocycles. The Morgan fingerprint density at radius 2 is 1.94 bits per heavy atom. The number of H-pyrrole nitrogens is 1. The second kappa shape index (κ2) is 5.36. The number of aromatic amines is 1. The van der Waals surface area contributed by atoms with E-state index < -0.39 is 0 Å². The maximum atomic E-state index is 5.55. The van der Waals surface area contributed by atoms with Gasteiger partial charge >= 0.3 is 0 Å². The van der Waals surface area contributed by atoms with Crippen molar-refractivity contribution in [3.8, 4) is 0 Å². The van der Waals surface area contributed by atoms with E-state index >= 15 is 0 Å². The summed E-state index contributed by atoms with van der Waals surface area (Å²) in [6.07, 6.45) is 3.73. The molecular formula is C15H21N3. The van der Waals surface area contributed by atoms with Crippen molar-refractivity contribution >= 4 is 0 Å². The van der Waals surface area contributed by atoms with Crippen LogP contribution in [0.25, 0.3) is 0 Å². The lowest BCUT2D eigenvalue weighted by Crippen LogP contribution is -2.22. The maximum Gasteiger partial charge on any atom is 0.112 e. The molecular weight excluding hydrogens is 222 g/mol. The SMILES string of the molecule is CC(C)(Cc1ccccc1)c1ncc(CCN)[nH]1. The zero-order valence-corrected chi connectivity index (χ0v) is 11.1. The molecule has 0 amide bonds. The van der Waals surface area contributed by atoms with Crippen molar-refractivity contribution in [2.24, 2.45) is 5.73 Å². The van der Waals surface area contributed by atoms with Crippen molar-refractivity contribution < 1.29 is 0 Å². The number of imidazole rings is 1. The lowest BCUT2D eigenvalue weighted by Gasteiger charge is -2.22. The topological polar surface area (TPSA) is 54.7 Å². The molecule has 3 N–H and O–H groups in total. The molecule has 1 aromatic heterocycles. The van der Waals surface area contributed by atoms with E-state index in [0.717, 1.165) is 24.4 Å². The number of hydrogen-bond acceptors (Lipinski definition) is 2. The molecule has 2 rings (SSSR count). The van der Waals surface area contributed by atoms with Gasteiger partial charge in [0.15, 0.2) is 0 Å². The quantitative estimate of drug-likeness (QED) is 0.847. The van der Waals surface area contributed by atoms with E-state index in [1.54, 1.807) is 0 Å². The number of benzene rings is 1. The fourth-order valence-corrected chi connectivity index (χ4v) is 2.18. The van der Waals surface area contributed by atoms with E-state index in [4.69, 9.17) is 5.73 Å². The molecule has 2 aromatic rings. The Morgan fingerprint density at radius 3 is 2.61 bits per heavy atom. The Bertz CT molecular complexity index is 485. The van der Waals surface area contributed by atoms with E-state index in [-0.39, 0.29) is 5.41 Å². The number of nitrogens with one attached hydrogen (secondary N) is 1. The smallest absolute Gasteiger partial charge is 0.112 e. The van der Waals surface area contributed by atoms with Gasteiger partial charge in [-0.15, -0.1) is 0 Å². The lowest BCUT2D eigenvalue weighted by molar-refractivity contribution is 0.491. The molecule has 3 nitrogen and oxygen atoms in total. The normalized spacial score (nSPS) is 11.7. The van der Waals surface area contributed by atoms with Gasteiger partial charge in [0, 0.05) is 23.7 Å². The van der Waals surface area contributed by atoms with Crippen LogP contribution in [0.15, 0.2) is 36.5 Å². The highest BCUT2D eigenvalue weighted by Gasteiger charge is 2.24. The maximum absolute atomic E-state index is 5.55. The van der Waals surface area contributed by atoms with Gasteiger partial charge < -0.3 is 10.7 Å². The molecule has 0 aliphatic rings. The highest BCUT2D eigenvalue weighted by atomic mass is 14.9. The summed E-state index contributed by atoms with van der Waals surface area (Å²) in [4.78, 5) is 7.88. The molecule has 1 aromatic carbocycles. The van der Waals surface area contributed by atoms with Crippen LogP contribution in [0.2, 0.25) is 0 Å². The van der Waals surface area contributed by atoms with Gasteiger partial charge in [-0.25, -0.2) is 4.98 Å². The van der Waals surface area contributed by atoms with Crippen LogP contribution in [0.1, 0.15) is 30.9 Å². The molecule has 1 heterocycles. The van der Waals surface area contributed by atoms with Crippen LogP contribution in [0.4, 0.5) is 0 Å². The minimum Gasteiger partial charge on any atom is -0.345 e. The average Bonchev–Trinajstić information content (AvgIpc) is 2.80. The van der Waals surface area contributed by atoms with Gasteiger partial charge in [-0.3, -0.25) is 0 Å². The van der Waals surface area contributed by atoms with Crippen LogP contribution in [0.3, 0.4) is 0 Å². The second-order valence-electron chi connectivity index (χ2n) is 5.34. The Kier molecular flexibility index (Phi) is 3.82. The third-order valence-corrected chi connectivity index (χ3v) is 3.17. The first-order chi connectivity index (χ1) is 8.62. The summed E-state index contributed by atoms with van der Waals surface area (Å²) in [6, 6.07) is 10.5. The van der Waals surface area contributed by atoms with E-state index in [1.807, 2.05) is 12.3 Å². The van der Waals surface area contributed by atoms with Gasteiger partial charge in [0.25, 0.3) is 0 Å². The van der Waals surface area contributed by atoms with E-state index in [2.05, 4.69) is 48.1 Å². The fourth-order valence-electron chi connectivity index (χ4n) is 2.18. The molecule has 0 unspecified atom stereocenters. The predicted molar refractivity (Wildman–Crippen MR) is 74.5 cm³/mol. The van der Waals surface area contributed by atoms with Crippen molar-refractivity contribution in [1.29, 1.82) is 0 Å². The largest absolute Gasteiger partial charge is 0.345 e. The van der Waals surface area contributed by atoms with Gasteiger partial charge in [0.1, 0.15) is 5.82 Å². The van der Waals surface area contributed by atoms with Gasteiger partial charge in [-0.2, -0.15) is 0 Å². The van der Waals surface area contributed by atoms with Crippen LogP contribution >= 0.6 is 0 Å². The summed E-state index contributed by atoms with van der Waals surface area (Å²) >= 11 is 0. The number of aromatic nitrogens is 2. The molecule has 0 atom stereocenters. The van der Waals surface area contributed by atoms with Gasteiger partial charge in [-0.05, 0) is 18.5 Å². The first kappa shape index (κ1) is 12.8. The average molecular weight is 243 g/mol. The van der Waals surface area contributed by atoms with E-state index in [9.17, 15) is 0 Å². The molecule has 0 spiro atoms. The number of nitrogens with two attached hydrogens (primary N) is 1. The number of nitrogens with zero attached hydrogens (tertiary/aromatic N) is 1. The first-order valence-corrected chi connectivity index (χ1v) is 6.40. The third kappa shape index (κ3) is 2.99. The van der Waals surface area contributed by atoms with Crippen molar-refractivity contribution in [3.05, 3.63) is 53.6 Å². The molecule has 0 radical (unpaired) electrons. The zero-order valence-electron chi connectivity index (χ0n) is 11.1. The number of hydrogen-bond donors (Lipinski definition) is 2. The van der Waals surface area contributed by atoms with Crippen LogP contribution < -0.4 is 5.73 Å². The molecule has 96 valence electrons.